The van der Waals surface area contributed by atoms with E-state index in [1.54, 1.807) is 60.0 Å². The van der Waals surface area contributed by atoms with E-state index >= 15 is 0 Å². The maximum atomic E-state index is 13.3. The second-order valence-corrected chi connectivity index (χ2v) is 9.13. The smallest absolute Gasteiger partial charge is 0.339 e. The van der Waals surface area contributed by atoms with Gasteiger partial charge in [0.05, 0.1) is 35.5 Å². The number of amides is 1. The third-order valence-electron chi connectivity index (χ3n) is 5.10. The molecule has 0 unspecified atom stereocenters. The first-order valence-corrected chi connectivity index (χ1v) is 12.2. The Balaban J connectivity index is 1.57. The average Bonchev–Trinajstić information content (AvgIpc) is 3.37. The molecule has 184 valence electrons. The number of halogens is 2. The van der Waals surface area contributed by atoms with E-state index < -0.39 is 18.0 Å². The van der Waals surface area contributed by atoms with Crippen LogP contribution in [-0.4, -0.2) is 31.1 Å². The molecule has 0 aliphatic rings. The first-order chi connectivity index (χ1) is 17.4. The van der Waals surface area contributed by atoms with Gasteiger partial charge >= 0.3 is 5.97 Å². The van der Waals surface area contributed by atoms with Gasteiger partial charge in [0.2, 0.25) is 6.10 Å². The first-order valence-electron chi connectivity index (χ1n) is 10.6. The van der Waals surface area contributed by atoms with Crippen LogP contribution in [-0.2, 0) is 9.53 Å². The molecule has 1 atom stereocenters. The van der Waals surface area contributed by atoms with E-state index in [1.165, 1.54) is 37.7 Å². The van der Waals surface area contributed by atoms with Crippen LogP contribution < -0.4 is 14.8 Å². The number of hydrogen-bond donors (Lipinski definition) is 1. The summed E-state index contributed by atoms with van der Waals surface area (Å²) >= 11 is 13.3. The minimum atomic E-state index is -1.23. The van der Waals surface area contributed by atoms with Crippen molar-refractivity contribution in [2.45, 2.75) is 6.10 Å². The lowest BCUT2D eigenvalue weighted by Crippen LogP contribution is -2.26. The van der Waals surface area contributed by atoms with Gasteiger partial charge in [-0.25, -0.2) is 9.78 Å². The van der Waals surface area contributed by atoms with E-state index in [2.05, 4.69) is 10.3 Å². The van der Waals surface area contributed by atoms with E-state index in [-0.39, 0.29) is 5.56 Å². The third-order valence-corrected chi connectivity index (χ3v) is 6.60. The summed E-state index contributed by atoms with van der Waals surface area (Å²) < 4.78 is 16.1. The topological polar surface area (TPSA) is 86.8 Å². The van der Waals surface area contributed by atoms with Crippen molar-refractivity contribution in [3.05, 3.63) is 93.3 Å². The number of hydrogen-bond acceptors (Lipinski definition) is 7. The van der Waals surface area contributed by atoms with Crippen LogP contribution in [0.4, 0.5) is 5.13 Å². The predicted octanol–water partition coefficient (Wildman–Crippen LogP) is 6.67. The van der Waals surface area contributed by atoms with Crippen molar-refractivity contribution in [2.75, 3.05) is 19.5 Å². The molecule has 4 aromatic rings. The van der Waals surface area contributed by atoms with E-state index in [9.17, 15) is 9.59 Å². The molecule has 0 bridgehead atoms. The van der Waals surface area contributed by atoms with Gasteiger partial charge in [-0.1, -0.05) is 59.6 Å². The largest absolute Gasteiger partial charge is 0.497 e. The zero-order valence-electron chi connectivity index (χ0n) is 19.2. The van der Waals surface area contributed by atoms with Crippen molar-refractivity contribution in [2.24, 2.45) is 0 Å². The van der Waals surface area contributed by atoms with E-state index in [0.717, 1.165) is 5.56 Å². The fourth-order valence-corrected chi connectivity index (χ4v) is 4.31. The number of thiazole rings is 1. The van der Waals surface area contributed by atoms with Crippen molar-refractivity contribution in [1.29, 1.82) is 0 Å². The molecular weight excluding hydrogens is 523 g/mol. The molecule has 1 heterocycles. The molecule has 7 nitrogen and oxygen atoms in total. The summed E-state index contributed by atoms with van der Waals surface area (Å²) in [5.74, 6) is -0.439. The molecule has 0 fully saturated rings. The third kappa shape index (κ3) is 5.96. The predicted molar refractivity (Wildman–Crippen MR) is 140 cm³/mol. The number of aromatic nitrogens is 1. The van der Waals surface area contributed by atoms with Crippen LogP contribution in [0.2, 0.25) is 10.0 Å². The van der Waals surface area contributed by atoms with Gasteiger partial charge in [0.15, 0.2) is 5.13 Å². The molecule has 3 aromatic carbocycles. The molecule has 1 aromatic heterocycles. The molecule has 1 N–H and O–H groups in total. The molecule has 10 heteroatoms. The van der Waals surface area contributed by atoms with Gasteiger partial charge in [-0.3, -0.25) is 10.1 Å². The maximum Gasteiger partial charge on any atom is 0.339 e. The number of methoxy groups -OCH3 is 2. The molecule has 0 aliphatic carbocycles. The minimum Gasteiger partial charge on any atom is -0.497 e. The van der Waals surface area contributed by atoms with E-state index in [4.69, 9.17) is 37.4 Å². The van der Waals surface area contributed by atoms with Crippen LogP contribution in [0.3, 0.4) is 0 Å². The Morgan fingerprint density at radius 2 is 1.61 bits per heavy atom. The normalized spacial score (nSPS) is 11.4. The second-order valence-electron chi connectivity index (χ2n) is 7.45. The first kappa shape index (κ1) is 25.5. The summed E-state index contributed by atoms with van der Waals surface area (Å²) in [6.07, 6.45) is -1.23. The van der Waals surface area contributed by atoms with Gasteiger partial charge in [-0.15, -0.1) is 11.3 Å². The molecular formula is C26H20Cl2N2O5S. The van der Waals surface area contributed by atoms with Gasteiger partial charge < -0.3 is 14.2 Å². The van der Waals surface area contributed by atoms with Crippen molar-refractivity contribution >= 4 is 51.5 Å². The van der Waals surface area contributed by atoms with Crippen LogP contribution in [0.5, 0.6) is 11.5 Å². The quantitative estimate of drug-likeness (QED) is 0.250. The summed E-state index contributed by atoms with van der Waals surface area (Å²) in [5.41, 5.74) is 2.04. The number of benzene rings is 3. The van der Waals surface area contributed by atoms with E-state index in [0.29, 0.717) is 37.9 Å². The van der Waals surface area contributed by atoms with Gasteiger partial charge in [-0.2, -0.15) is 0 Å². The van der Waals surface area contributed by atoms with Crippen LogP contribution in [0, 0.1) is 0 Å². The van der Waals surface area contributed by atoms with Gasteiger partial charge in [0.1, 0.15) is 11.5 Å². The highest BCUT2D eigenvalue weighted by Crippen LogP contribution is 2.31. The fourth-order valence-electron chi connectivity index (χ4n) is 3.29. The highest BCUT2D eigenvalue weighted by molar-refractivity contribution is 7.14. The Labute approximate surface area is 221 Å². The van der Waals surface area contributed by atoms with Crippen LogP contribution >= 0.6 is 34.5 Å². The summed E-state index contributed by atoms with van der Waals surface area (Å²) in [6, 6.07) is 18.5. The average molecular weight is 543 g/mol. The number of nitrogens with zero attached hydrogens (tertiary/aromatic N) is 1. The number of anilines is 1. The Hall–Kier alpha value is -3.59. The van der Waals surface area contributed by atoms with Crippen molar-refractivity contribution in [3.63, 3.8) is 0 Å². The van der Waals surface area contributed by atoms with Gasteiger partial charge in [0, 0.05) is 22.6 Å². The minimum absolute atomic E-state index is 0.177. The standard InChI is InChI=1S/C26H20Cl2N2O5S/c1-33-18-10-17(11-19(13-18)34-2)25(32)35-23(15-6-4-3-5-7-15)24(31)30-26-29-22(14-36-26)16-8-9-20(27)21(28)12-16/h3-14,23H,1-2H3,(H,29,30,31)/t23-/m1/s1. The molecule has 0 radical (unpaired) electrons. The summed E-state index contributed by atoms with van der Waals surface area (Å²) in [4.78, 5) is 30.7. The zero-order valence-corrected chi connectivity index (χ0v) is 21.5. The van der Waals surface area contributed by atoms with E-state index in [1.807, 2.05) is 0 Å². The molecule has 0 saturated carbocycles. The number of rotatable bonds is 8. The number of carbonyl (C=O) groups excluding carboxylic acids is 2. The zero-order chi connectivity index (χ0) is 25.7. The summed E-state index contributed by atoms with van der Waals surface area (Å²) in [5, 5.41) is 5.69. The van der Waals surface area contributed by atoms with Crippen LogP contribution in [0.1, 0.15) is 22.0 Å². The summed E-state index contributed by atoms with van der Waals surface area (Å²) in [7, 11) is 2.95. The van der Waals surface area contributed by atoms with Gasteiger partial charge in [-0.05, 0) is 24.3 Å². The van der Waals surface area contributed by atoms with Crippen LogP contribution in [0.15, 0.2) is 72.1 Å². The second kappa shape index (κ2) is 11.4. The SMILES string of the molecule is COc1cc(OC)cc(C(=O)O[C@@H](C(=O)Nc2nc(-c3ccc(Cl)c(Cl)c3)cs2)c2ccccc2)c1. The molecule has 0 saturated heterocycles. The number of carbonyl (C=O) groups is 2. The lowest BCUT2D eigenvalue weighted by atomic mass is 10.1. The lowest BCUT2D eigenvalue weighted by molar-refractivity contribution is -0.125. The Bertz CT molecular complexity index is 1370. The Morgan fingerprint density at radius 3 is 2.25 bits per heavy atom. The lowest BCUT2D eigenvalue weighted by Gasteiger charge is -2.18. The monoisotopic (exact) mass is 542 g/mol. The molecule has 36 heavy (non-hydrogen) atoms. The number of ether oxygens (including phenoxy) is 3. The van der Waals surface area contributed by atoms with Crippen molar-refractivity contribution < 1.29 is 23.8 Å². The molecule has 4 rings (SSSR count). The Morgan fingerprint density at radius 1 is 0.917 bits per heavy atom. The van der Waals surface area contributed by atoms with Crippen molar-refractivity contribution in [3.8, 4) is 22.8 Å². The number of nitrogens with one attached hydrogen (secondary N) is 1. The highest BCUT2D eigenvalue weighted by atomic mass is 35.5. The van der Waals surface area contributed by atoms with Crippen molar-refractivity contribution in [1.82, 2.24) is 4.98 Å². The molecule has 1 amide bonds. The van der Waals surface area contributed by atoms with Crippen LogP contribution in [0.25, 0.3) is 11.3 Å². The fraction of sp³-hybridized carbons (Fsp3) is 0.115. The maximum absolute atomic E-state index is 13.3. The molecule has 0 spiro atoms. The highest BCUT2D eigenvalue weighted by Gasteiger charge is 2.27. The summed E-state index contributed by atoms with van der Waals surface area (Å²) in [6.45, 7) is 0. The number of esters is 1. The molecule has 0 aliphatic heterocycles. The van der Waals surface area contributed by atoms with Gasteiger partial charge in [0.25, 0.3) is 5.91 Å². The Kier molecular flexibility index (Phi) is 8.10.